The van der Waals surface area contributed by atoms with Gasteiger partial charge in [-0.15, -0.1) is 5.10 Å². The number of rotatable bonds is 3. The average molecular weight is 394 g/mol. The molecule has 1 atom stereocenters. The minimum Gasteiger partial charge on any atom is -0.391 e. The van der Waals surface area contributed by atoms with Crippen molar-refractivity contribution in [3.8, 4) is 0 Å². The van der Waals surface area contributed by atoms with Crippen molar-refractivity contribution in [2.45, 2.75) is 32.0 Å². The van der Waals surface area contributed by atoms with Crippen LogP contribution in [0.1, 0.15) is 24.4 Å². The third-order valence-corrected chi connectivity index (χ3v) is 4.30. The van der Waals surface area contributed by atoms with Crippen molar-refractivity contribution in [1.82, 2.24) is 29.5 Å². The molecule has 3 aromatic heterocycles. The van der Waals surface area contributed by atoms with E-state index in [2.05, 4.69) is 30.4 Å². The van der Waals surface area contributed by atoms with E-state index >= 15 is 0 Å². The van der Waals surface area contributed by atoms with Crippen LogP contribution in [0.15, 0.2) is 18.3 Å². The summed E-state index contributed by atoms with van der Waals surface area (Å²) in [5.74, 6) is -0.432. The number of piperidine rings is 1. The maximum atomic E-state index is 12.9. The number of aliphatic hydroxyl groups is 1. The van der Waals surface area contributed by atoms with Crippen LogP contribution in [0.3, 0.4) is 0 Å². The first-order chi connectivity index (χ1) is 13.3. The number of fused-ring (bicyclic) bond motifs is 1. The Morgan fingerprint density at radius 1 is 1.25 bits per heavy atom. The zero-order valence-corrected chi connectivity index (χ0v) is 14.8. The van der Waals surface area contributed by atoms with Crippen LogP contribution in [-0.4, -0.2) is 53.9 Å². The van der Waals surface area contributed by atoms with Gasteiger partial charge in [0.2, 0.25) is 5.95 Å². The monoisotopic (exact) mass is 394 g/mol. The number of hydrogen-bond acceptors (Lipinski definition) is 8. The molecule has 1 unspecified atom stereocenters. The van der Waals surface area contributed by atoms with Crippen molar-refractivity contribution in [2.24, 2.45) is 0 Å². The number of aliphatic hydroxyl groups excluding tert-OH is 1. The van der Waals surface area contributed by atoms with Crippen LogP contribution in [-0.2, 0) is 6.18 Å². The largest absolute Gasteiger partial charge is 0.453 e. The lowest BCUT2D eigenvalue weighted by Crippen LogP contribution is -2.38. The van der Waals surface area contributed by atoms with E-state index < -0.39 is 18.1 Å². The van der Waals surface area contributed by atoms with Gasteiger partial charge in [-0.05, 0) is 25.8 Å². The number of aryl methyl sites for hydroxylation is 1. The highest BCUT2D eigenvalue weighted by molar-refractivity contribution is 5.54. The Kier molecular flexibility index (Phi) is 4.49. The number of alkyl halides is 3. The quantitative estimate of drug-likeness (QED) is 0.695. The third-order valence-electron chi connectivity index (χ3n) is 4.30. The Morgan fingerprint density at radius 3 is 2.82 bits per heavy atom. The maximum absolute atomic E-state index is 12.9. The minimum atomic E-state index is -4.68. The molecule has 1 saturated heterocycles. The fourth-order valence-corrected chi connectivity index (χ4v) is 3.06. The van der Waals surface area contributed by atoms with E-state index in [0.717, 1.165) is 23.9 Å². The van der Waals surface area contributed by atoms with E-state index in [1.165, 1.54) is 6.07 Å². The van der Waals surface area contributed by atoms with Crippen LogP contribution in [0.5, 0.6) is 0 Å². The van der Waals surface area contributed by atoms with Gasteiger partial charge in [0.1, 0.15) is 11.6 Å². The Labute approximate surface area is 157 Å². The number of nitrogens with zero attached hydrogens (tertiary/aromatic N) is 7. The van der Waals surface area contributed by atoms with E-state index in [0.29, 0.717) is 18.1 Å². The second-order valence-corrected chi connectivity index (χ2v) is 6.53. The molecular formula is C16H17F3N8O. The lowest BCUT2D eigenvalue weighted by atomic mass is 10.1. The summed E-state index contributed by atoms with van der Waals surface area (Å²) >= 11 is 0. The third kappa shape index (κ3) is 3.67. The van der Waals surface area contributed by atoms with Gasteiger partial charge >= 0.3 is 6.18 Å². The maximum Gasteiger partial charge on any atom is 0.453 e. The van der Waals surface area contributed by atoms with E-state index in [-0.39, 0.29) is 17.5 Å². The molecule has 3 aromatic rings. The Hall–Kier alpha value is -3.02. The van der Waals surface area contributed by atoms with E-state index in [4.69, 9.17) is 0 Å². The highest BCUT2D eigenvalue weighted by Gasteiger charge is 2.37. The Morgan fingerprint density at radius 2 is 2.07 bits per heavy atom. The van der Waals surface area contributed by atoms with Gasteiger partial charge < -0.3 is 15.3 Å². The molecule has 4 heterocycles. The van der Waals surface area contributed by atoms with Crippen LogP contribution >= 0.6 is 0 Å². The molecule has 0 aromatic carbocycles. The van der Waals surface area contributed by atoms with Crippen LogP contribution in [0.2, 0.25) is 0 Å². The SMILES string of the molecule is Cc1cc(Nc2nccc(N3CCCC(O)C3)n2)n2nc(C(F)(F)F)nc2n1. The summed E-state index contributed by atoms with van der Waals surface area (Å²) in [5, 5.41) is 16.2. The molecule has 0 spiro atoms. The van der Waals surface area contributed by atoms with E-state index in [1.807, 2.05) is 4.90 Å². The zero-order valence-electron chi connectivity index (χ0n) is 14.8. The summed E-state index contributed by atoms with van der Waals surface area (Å²) < 4.78 is 39.8. The standard InChI is InChI=1S/C16H17F3N8O/c1-9-7-12(27-15(21-9)24-13(25-27)16(17,18)19)23-14-20-5-4-11(22-14)26-6-2-3-10(28)8-26/h4-5,7,10,28H,2-3,6,8H2,1H3,(H,20,22,23). The Bertz CT molecular complexity index is 1010. The van der Waals surface area contributed by atoms with Gasteiger partial charge in [0.05, 0.1) is 6.10 Å². The summed E-state index contributed by atoms with van der Waals surface area (Å²) in [5.41, 5.74) is 0.464. The molecule has 9 nitrogen and oxygen atoms in total. The predicted molar refractivity (Wildman–Crippen MR) is 93.3 cm³/mol. The van der Waals surface area contributed by atoms with Crippen LogP contribution in [0.4, 0.5) is 30.8 Å². The highest BCUT2D eigenvalue weighted by Crippen LogP contribution is 2.27. The normalized spacial score (nSPS) is 17.9. The fraction of sp³-hybridized carbons (Fsp3) is 0.438. The molecular weight excluding hydrogens is 377 g/mol. The van der Waals surface area contributed by atoms with Gasteiger partial charge in [-0.25, -0.2) is 9.97 Å². The van der Waals surface area contributed by atoms with Crippen molar-refractivity contribution in [1.29, 1.82) is 0 Å². The second kappa shape index (κ2) is 6.86. The van der Waals surface area contributed by atoms with Crippen molar-refractivity contribution < 1.29 is 18.3 Å². The summed E-state index contributed by atoms with van der Waals surface area (Å²) in [7, 11) is 0. The summed E-state index contributed by atoms with van der Waals surface area (Å²) in [4.78, 5) is 17.9. The molecule has 1 aliphatic rings. The van der Waals surface area contributed by atoms with Crippen molar-refractivity contribution in [2.75, 3.05) is 23.3 Å². The topological polar surface area (TPSA) is 104 Å². The molecule has 12 heteroatoms. The first kappa shape index (κ1) is 18.3. The molecule has 4 rings (SSSR count). The van der Waals surface area contributed by atoms with Gasteiger partial charge in [0.25, 0.3) is 11.6 Å². The first-order valence-corrected chi connectivity index (χ1v) is 8.64. The fourth-order valence-electron chi connectivity index (χ4n) is 3.06. The smallest absolute Gasteiger partial charge is 0.391 e. The first-order valence-electron chi connectivity index (χ1n) is 8.64. The number of β-amino-alcohol motifs (C(OH)–C–C–N with tert-alkyl or cyclic N) is 1. The van der Waals surface area contributed by atoms with E-state index in [1.54, 1.807) is 19.2 Å². The van der Waals surface area contributed by atoms with Crippen molar-refractivity contribution in [3.05, 3.63) is 29.8 Å². The number of hydrogen-bond donors (Lipinski definition) is 2. The molecule has 0 saturated carbocycles. The average Bonchev–Trinajstić information content (AvgIpc) is 3.06. The number of anilines is 3. The van der Waals surface area contributed by atoms with Crippen molar-refractivity contribution in [3.63, 3.8) is 0 Å². The minimum absolute atomic E-state index is 0.176. The molecule has 2 N–H and O–H groups in total. The summed E-state index contributed by atoms with van der Waals surface area (Å²) in [6, 6.07) is 3.25. The number of nitrogens with one attached hydrogen (secondary N) is 1. The van der Waals surface area contributed by atoms with Crippen LogP contribution in [0.25, 0.3) is 5.78 Å². The molecule has 148 valence electrons. The molecule has 28 heavy (non-hydrogen) atoms. The highest BCUT2D eigenvalue weighted by atomic mass is 19.4. The predicted octanol–water partition coefficient (Wildman–Crippen LogP) is 1.95. The number of aromatic nitrogens is 6. The van der Waals surface area contributed by atoms with Gasteiger partial charge in [-0.3, -0.25) is 0 Å². The molecule has 0 amide bonds. The Balaban J connectivity index is 1.66. The molecule has 1 fully saturated rings. The van der Waals surface area contributed by atoms with Gasteiger partial charge in [0.15, 0.2) is 0 Å². The lowest BCUT2D eigenvalue weighted by molar-refractivity contribution is -0.144. The van der Waals surface area contributed by atoms with Gasteiger partial charge in [0, 0.05) is 31.0 Å². The summed E-state index contributed by atoms with van der Waals surface area (Å²) in [6.45, 7) is 2.86. The van der Waals surface area contributed by atoms with Crippen LogP contribution < -0.4 is 10.2 Å². The molecule has 0 aliphatic carbocycles. The van der Waals surface area contributed by atoms with Gasteiger partial charge in [-0.1, -0.05) is 0 Å². The molecule has 0 radical (unpaired) electrons. The van der Waals surface area contributed by atoms with E-state index in [9.17, 15) is 18.3 Å². The second-order valence-electron chi connectivity index (χ2n) is 6.53. The molecule has 1 aliphatic heterocycles. The van der Waals surface area contributed by atoms with Crippen LogP contribution in [0, 0.1) is 6.92 Å². The lowest BCUT2D eigenvalue weighted by Gasteiger charge is -2.31. The summed E-state index contributed by atoms with van der Waals surface area (Å²) in [6.07, 6.45) is -1.96. The number of halogens is 3. The molecule has 0 bridgehead atoms. The zero-order chi connectivity index (χ0) is 19.9. The van der Waals surface area contributed by atoms with Crippen molar-refractivity contribution >= 4 is 23.4 Å². The van der Waals surface area contributed by atoms with Gasteiger partial charge in [-0.2, -0.15) is 27.7 Å².